The lowest BCUT2D eigenvalue weighted by Crippen LogP contribution is -2.15. The van der Waals surface area contributed by atoms with Gasteiger partial charge in [-0.2, -0.15) is 0 Å². The Bertz CT molecular complexity index is 1000. The number of ether oxygens (including phenoxy) is 2. The Morgan fingerprint density at radius 1 is 0.964 bits per heavy atom. The second-order valence-electron chi connectivity index (χ2n) is 6.02. The zero-order valence-electron chi connectivity index (χ0n) is 15.1. The Kier molecular flexibility index (Phi) is 5.96. The monoisotopic (exact) mass is 395 g/mol. The number of hydrogen-bond donors (Lipinski definition) is 1. The zero-order valence-corrected chi connectivity index (χ0v) is 15.9. The Balaban J connectivity index is 1.67. The van der Waals surface area contributed by atoms with Crippen molar-refractivity contribution in [2.24, 2.45) is 0 Å². The number of Topliss-reactive ketones (excluding diaryl/α,β-unsaturated/α-hetero) is 1. The van der Waals surface area contributed by atoms with Crippen molar-refractivity contribution in [1.29, 1.82) is 0 Å². The number of methoxy groups -OCH3 is 1. The van der Waals surface area contributed by atoms with Gasteiger partial charge in [0.2, 0.25) is 0 Å². The molecule has 0 atom stereocenters. The second-order valence-corrected chi connectivity index (χ2v) is 6.42. The fraction of sp³-hybridized carbons (Fsp3) is 0.0909. The lowest BCUT2D eigenvalue weighted by atomic mass is 10.0. The first-order valence-corrected chi connectivity index (χ1v) is 8.86. The molecule has 0 fully saturated rings. The highest BCUT2D eigenvalue weighted by Crippen LogP contribution is 2.29. The van der Waals surface area contributed by atoms with Crippen LogP contribution in [0, 0.1) is 0 Å². The van der Waals surface area contributed by atoms with Crippen LogP contribution in [0.4, 0.5) is 5.69 Å². The second kappa shape index (κ2) is 8.59. The van der Waals surface area contributed by atoms with Gasteiger partial charge >= 0.3 is 5.97 Å². The zero-order chi connectivity index (χ0) is 20.1. The van der Waals surface area contributed by atoms with Crippen molar-refractivity contribution in [2.45, 2.75) is 0 Å². The van der Waals surface area contributed by atoms with Crippen LogP contribution in [-0.2, 0) is 4.74 Å². The number of hydrogen-bond acceptors (Lipinski definition) is 5. The maximum atomic E-state index is 12.3. The third kappa shape index (κ3) is 4.32. The number of rotatable bonds is 6. The van der Waals surface area contributed by atoms with Gasteiger partial charge in [0.25, 0.3) is 0 Å². The van der Waals surface area contributed by atoms with E-state index in [4.69, 9.17) is 26.8 Å². The molecule has 0 aromatic heterocycles. The molecule has 3 aromatic rings. The molecule has 28 heavy (non-hydrogen) atoms. The van der Waals surface area contributed by atoms with E-state index in [1.165, 1.54) is 19.2 Å². The number of nitrogen functional groups attached to an aromatic ring is 1. The molecular weight excluding hydrogens is 378 g/mol. The van der Waals surface area contributed by atoms with Gasteiger partial charge in [-0.15, -0.1) is 0 Å². The third-order valence-corrected chi connectivity index (χ3v) is 4.51. The minimum atomic E-state index is -0.715. The van der Waals surface area contributed by atoms with Gasteiger partial charge in [0.15, 0.2) is 12.4 Å². The molecule has 0 saturated heterocycles. The van der Waals surface area contributed by atoms with Crippen molar-refractivity contribution < 1.29 is 19.1 Å². The molecule has 0 aliphatic rings. The number of carbonyl (C=O) groups is 2. The van der Waals surface area contributed by atoms with Crippen LogP contribution in [0.25, 0.3) is 11.1 Å². The topological polar surface area (TPSA) is 78.6 Å². The van der Waals surface area contributed by atoms with E-state index in [-0.39, 0.29) is 27.8 Å². The van der Waals surface area contributed by atoms with Gasteiger partial charge in [0.1, 0.15) is 11.3 Å². The Morgan fingerprint density at radius 3 is 2.25 bits per heavy atom. The number of halogens is 1. The highest BCUT2D eigenvalue weighted by Gasteiger charge is 2.18. The van der Waals surface area contributed by atoms with Crippen molar-refractivity contribution in [2.75, 3.05) is 19.5 Å². The van der Waals surface area contributed by atoms with Crippen LogP contribution < -0.4 is 10.5 Å². The van der Waals surface area contributed by atoms with Crippen LogP contribution in [-0.4, -0.2) is 25.5 Å². The molecule has 0 spiro atoms. The number of carbonyl (C=O) groups excluding carboxylic acids is 2. The van der Waals surface area contributed by atoms with E-state index in [1.807, 2.05) is 42.5 Å². The summed E-state index contributed by atoms with van der Waals surface area (Å²) < 4.78 is 10.3. The summed E-state index contributed by atoms with van der Waals surface area (Å²) in [6.45, 7) is -0.394. The van der Waals surface area contributed by atoms with Crippen molar-refractivity contribution >= 4 is 29.0 Å². The fourth-order valence-electron chi connectivity index (χ4n) is 2.67. The minimum absolute atomic E-state index is 0.105. The molecule has 0 heterocycles. The predicted octanol–water partition coefficient (Wildman–Crippen LogP) is 4.64. The van der Waals surface area contributed by atoms with Crippen molar-refractivity contribution in [3.63, 3.8) is 0 Å². The number of anilines is 1. The summed E-state index contributed by atoms with van der Waals surface area (Å²) in [5.41, 5.74) is 8.59. The lowest BCUT2D eigenvalue weighted by Gasteiger charge is -2.10. The average Bonchev–Trinajstić information content (AvgIpc) is 2.74. The van der Waals surface area contributed by atoms with Crippen LogP contribution >= 0.6 is 11.6 Å². The molecule has 0 unspecified atom stereocenters. The van der Waals surface area contributed by atoms with Crippen LogP contribution in [0.5, 0.6) is 5.75 Å². The summed E-state index contributed by atoms with van der Waals surface area (Å²) in [6.07, 6.45) is 0. The van der Waals surface area contributed by atoms with Crippen LogP contribution in [0.2, 0.25) is 5.02 Å². The molecule has 0 radical (unpaired) electrons. The maximum absolute atomic E-state index is 12.3. The lowest BCUT2D eigenvalue weighted by molar-refractivity contribution is 0.0471. The van der Waals surface area contributed by atoms with Crippen LogP contribution in [0.3, 0.4) is 0 Å². The standard InChI is InChI=1S/C22H18ClNO4/c1-27-21-12-19(24)18(23)11-17(21)22(26)28-13-20(25)16-9-7-15(8-10-16)14-5-3-2-4-6-14/h2-12H,13,24H2,1H3. The number of ketones is 1. The van der Waals surface area contributed by atoms with Crippen molar-refractivity contribution in [1.82, 2.24) is 0 Å². The Hall–Kier alpha value is -3.31. The molecule has 6 heteroatoms. The van der Waals surface area contributed by atoms with E-state index in [1.54, 1.807) is 12.1 Å². The van der Waals surface area contributed by atoms with E-state index >= 15 is 0 Å². The average molecular weight is 396 g/mol. The van der Waals surface area contributed by atoms with Crippen LogP contribution in [0.15, 0.2) is 66.7 Å². The van der Waals surface area contributed by atoms with Crippen LogP contribution in [0.1, 0.15) is 20.7 Å². The van der Waals surface area contributed by atoms with E-state index in [0.29, 0.717) is 5.56 Å². The molecule has 0 aliphatic heterocycles. The molecule has 2 N–H and O–H groups in total. The number of benzene rings is 3. The molecule has 142 valence electrons. The smallest absolute Gasteiger partial charge is 0.342 e. The Morgan fingerprint density at radius 2 is 1.61 bits per heavy atom. The summed E-state index contributed by atoms with van der Waals surface area (Å²) in [5, 5.41) is 0.204. The first kappa shape index (κ1) is 19.5. The van der Waals surface area contributed by atoms with Gasteiger partial charge in [-0.25, -0.2) is 4.79 Å². The quantitative estimate of drug-likeness (QED) is 0.373. The molecule has 0 aliphatic carbocycles. The summed E-state index contributed by atoms with van der Waals surface area (Å²) in [4.78, 5) is 24.7. The molecule has 3 aromatic carbocycles. The molecule has 3 rings (SSSR count). The van der Waals surface area contributed by atoms with Gasteiger partial charge in [-0.1, -0.05) is 66.2 Å². The van der Waals surface area contributed by atoms with Gasteiger partial charge in [0.05, 0.1) is 17.8 Å². The van der Waals surface area contributed by atoms with E-state index in [9.17, 15) is 9.59 Å². The van der Waals surface area contributed by atoms with E-state index < -0.39 is 12.6 Å². The first-order chi connectivity index (χ1) is 13.5. The summed E-state index contributed by atoms with van der Waals surface area (Å²) >= 11 is 5.96. The maximum Gasteiger partial charge on any atom is 0.342 e. The van der Waals surface area contributed by atoms with Crippen molar-refractivity contribution in [3.05, 3.63) is 82.9 Å². The van der Waals surface area contributed by atoms with Gasteiger partial charge < -0.3 is 15.2 Å². The predicted molar refractivity (Wildman–Crippen MR) is 109 cm³/mol. The van der Waals surface area contributed by atoms with Gasteiger partial charge in [-0.3, -0.25) is 4.79 Å². The number of nitrogens with two attached hydrogens (primary N) is 1. The fourth-order valence-corrected chi connectivity index (χ4v) is 2.83. The summed E-state index contributed by atoms with van der Waals surface area (Å²) in [7, 11) is 1.40. The third-order valence-electron chi connectivity index (χ3n) is 4.19. The molecule has 0 amide bonds. The molecule has 0 saturated carbocycles. The summed E-state index contributed by atoms with van der Waals surface area (Å²) in [6, 6.07) is 19.7. The van der Waals surface area contributed by atoms with Gasteiger partial charge in [0, 0.05) is 11.6 Å². The minimum Gasteiger partial charge on any atom is -0.496 e. The van der Waals surface area contributed by atoms with E-state index in [2.05, 4.69) is 0 Å². The SMILES string of the molecule is COc1cc(N)c(Cl)cc1C(=O)OCC(=O)c1ccc(-c2ccccc2)cc1. The molecule has 0 bridgehead atoms. The first-order valence-electron chi connectivity index (χ1n) is 8.48. The van der Waals surface area contributed by atoms with Crippen molar-refractivity contribution in [3.8, 4) is 16.9 Å². The normalized spacial score (nSPS) is 10.4. The van der Waals surface area contributed by atoms with E-state index in [0.717, 1.165) is 11.1 Å². The Labute approximate surface area is 167 Å². The highest BCUT2D eigenvalue weighted by atomic mass is 35.5. The van der Waals surface area contributed by atoms with Gasteiger partial charge in [-0.05, 0) is 17.2 Å². The summed E-state index contributed by atoms with van der Waals surface area (Å²) in [5.74, 6) is -0.798. The molecular formula is C22H18ClNO4. The largest absolute Gasteiger partial charge is 0.496 e. The molecule has 5 nitrogen and oxygen atoms in total. The highest BCUT2D eigenvalue weighted by molar-refractivity contribution is 6.33. The number of esters is 1.